The molecule has 0 spiro atoms. The third-order valence-corrected chi connectivity index (χ3v) is 27.2. The summed E-state index contributed by atoms with van der Waals surface area (Å²) in [4.78, 5) is 2.69. The predicted octanol–water partition coefficient (Wildman–Crippen LogP) is 4.40. The molecule has 1 unspecified atom stereocenters. The van der Waals surface area contributed by atoms with Crippen molar-refractivity contribution in [3.8, 4) is 0 Å². The van der Waals surface area contributed by atoms with Crippen LogP contribution in [-0.2, 0) is 4.43 Å². The van der Waals surface area contributed by atoms with Crippen molar-refractivity contribution in [3.63, 3.8) is 0 Å². The van der Waals surface area contributed by atoms with E-state index < -0.39 is 26.7 Å². The van der Waals surface area contributed by atoms with Gasteiger partial charge in [0.25, 0.3) is 0 Å². The Kier molecular flexibility index (Phi) is 7.01. The van der Waals surface area contributed by atoms with Gasteiger partial charge in [0, 0.05) is 0 Å². The van der Waals surface area contributed by atoms with E-state index in [1.807, 2.05) is 0 Å². The van der Waals surface area contributed by atoms with E-state index in [4.69, 9.17) is 4.43 Å². The van der Waals surface area contributed by atoms with E-state index in [1.54, 1.807) is 10.7 Å². The molecule has 3 aromatic rings. The van der Waals surface area contributed by atoms with E-state index in [2.05, 4.69) is 130 Å². The van der Waals surface area contributed by atoms with E-state index in [9.17, 15) is 0 Å². The molecule has 0 saturated carbocycles. The number of nitrogens with zero attached hydrogens (tertiary/aromatic N) is 1. The Balaban J connectivity index is 1.68. The molecule has 1 aliphatic rings. The van der Waals surface area contributed by atoms with E-state index in [-0.39, 0.29) is 5.04 Å². The normalized spacial score (nSPS) is 19.0. The molecular formula is C28H37NOSiSn. The van der Waals surface area contributed by atoms with Crippen LogP contribution in [0.2, 0.25) is 18.1 Å². The monoisotopic (exact) mass is 551 g/mol. The van der Waals surface area contributed by atoms with Crippen molar-refractivity contribution in [1.29, 1.82) is 0 Å². The molecule has 0 N–H and O–H groups in total. The summed E-state index contributed by atoms with van der Waals surface area (Å²) in [7, 11) is -1.71. The van der Waals surface area contributed by atoms with Gasteiger partial charge in [-0.2, -0.15) is 0 Å². The first-order valence-electron chi connectivity index (χ1n) is 11.8. The first-order valence-corrected chi connectivity index (χ1v) is 20.6. The molecular weight excluding hydrogens is 513 g/mol. The Morgan fingerprint density at radius 1 is 0.781 bits per heavy atom. The fraction of sp³-hybridized carbons (Fsp3) is 0.357. The van der Waals surface area contributed by atoms with Crippen molar-refractivity contribution in [2.75, 3.05) is 19.7 Å². The molecule has 1 aliphatic heterocycles. The Bertz CT molecular complexity index is 905. The Morgan fingerprint density at radius 3 is 1.56 bits per heavy atom. The first kappa shape index (κ1) is 23.7. The molecule has 0 bridgehead atoms. The van der Waals surface area contributed by atoms with Gasteiger partial charge in [0.2, 0.25) is 0 Å². The second-order valence-electron chi connectivity index (χ2n) is 10.5. The average Bonchev–Trinajstić information content (AvgIpc) is 3.55. The van der Waals surface area contributed by atoms with Gasteiger partial charge in [-0.25, -0.2) is 0 Å². The van der Waals surface area contributed by atoms with Crippen molar-refractivity contribution < 1.29 is 4.43 Å². The molecule has 0 radical (unpaired) electrons. The Hall–Kier alpha value is -1.40. The molecule has 2 nitrogen and oxygen atoms in total. The molecule has 4 heteroatoms. The van der Waals surface area contributed by atoms with Gasteiger partial charge in [-0.05, 0) is 0 Å². The van der Waals surface area contributed by atoms with Crippen LogP contribution in [0.25, 0.3) is 0 Å². The molecule has 4 rings (SSSR count). The third-order valence-electron chi connectivity index (χ3n) is 7.55. The van der Waals surface area contributed by atoms with Gasteiger partial charge in [0.15, 0.2) is 0 Å². The quantitative estimate of drug-likeness (QED) is 0.305. The minimum absolute atomic E-state index is 0.256. The first-order chi connectivity index (χ1) is 15.3. The zero-order valence-corrected chi connectivity index (χ0v) is 24.1. The second kappa shape index (κ2) is 9.45. The fourth-order valence-electron chi connectivity index (χ4n) is 4.65. The molecule has 0 aliphatic carbocycles. The van der Waals surface area contributed by atoms with Gasteiger partial charge < -0.3 is 0 Å². The summed E-state index contributed by atoms with van der Waals surface area (Å²) in [6.07, 6.45) is 0. The van der Waals surface area contributed by atoms with Gasteiger partial charge in [-0.15, -0.1) is 0 Å². The SMILES string of the molecule is CC(C)(C)[Si](C)(C)OCCN1C[C@H]1[Sn]([c]1ccccc1)([c]1ccccc1)[c]1ccccc1. The van der Waals surface area contributed by atoms with E-state index in [0.29, 0.717) is 4.06 Å². The molecule has 0 amide bonds. The molecule has 168 valence electrons. The molecule has 1 saturated heterocycles. The van der Waals surface area contributed by atoms with Crippen LogP contribution >= 0.6 is 0 Å². The molecule has 32 heavy (non-hydrogen) atoms. The zero-order valence-electron chi connectivity index (χ0n) is 20.2. The molecule has 2 atom stereocenters. The van der Waals surface area contributed by atoms with Gasteiger partial charge in [-0.1, -0.05) is 0 Å². The van der Waals surface area contributed by atoms with Crippen molar-refractivity contribution in [2.24, 2.45) is 0 Å². The third kappa shape index (κ3) is 4.63. The maximum atomic E-state index is 6.54. The van der Waals surface area contributed by atoms with E-state index in [0.717, 1.165) is 13.2 Å². The summed E-state index contributed by atoms with van der Waals surface area (Å²) in [6.45, 7) is 14.7. The average molecular weight is 550 g/mol. The van der Waals surface area contributed by atoms with Crippen LogP contribution < -0.4 is 10.7 Å². The van der Waals surface area contributed by atoms with Crippen LogP contribution in [0.3, 0.4) is 0 Å². The Morgan fingerprint density at radius 2 is 1.19 bits per heavy atom. The van der Waals surface area contributed by atoms with Crippen molar-refractivity contribution in [2.45, 2.75) is 43.0 Å². The second-order valence-corrected chi connectivity index (χ2v) is 26.8. The molecule has 1 fully saturated rings. The van der Waals surface area contributed by atoms with Crippen LogP contribution in [-0.4, -0.2) is 55.3 Å². The summed E-state index contributed by atoms with van der Waals surface area (Å²) >= 11 is -3.23. The summed E-state index contributed by atoms with van der Waals surface area (Å²) in [5.74, 6) is 0. The van der Waals surface area contributed by atoms with Crippen LogP contribution in [0.4, 0.5) is 0 Å². The van der Waals surface area contributed by atoms with Gasteiger partial charge in [0.05, 0.1) is 0 Å². The predicted molar refractivity (Wildman–Crippen MR) is 142 cm³/mol. The standard InChI is InChI=1S/C10H22NOSi.3C6H5.Sn/c1-10(2,3)13(4,5)12-9-8-11-6-7-11;3*1-2-4-6-5-3-1;/h6H,7-9H2,1-5H3;3*1-5H;. The van der Waals surface area contributed by atoms with Gasteiger partial charge >= 0.3 is 200 Å². The number of hydrogen-bond acceptors (Lipinski definition) is 2. The van der Waals surface area contributed by atoms with Crippen molar-refractivity contribution in [1.82, 2.24) is 4.90 Å². The molecule has 1 heterocycles. The minimum atomic E-state index is -3.23. The number of rotatable bonds is 8. The van der Waals surface area contributed by atoms with Gasteiger partial charge in [0.1, 0.15) is 0 Å². The van der Waals surface area contributed by atoms with Crippen molar-refractivity contribution in [3.05, 3.63) is 91.0 Å². The number of hydrogen-bond donors (Lipinski definition) is 0. The van der Waals surface area contributed by atoms with E-state index >= 15 is 0 Å². The summed E-state index contributed by atoms with van der Waals surface area (Å²) in [5, 5.41) is 0.256. The zero-order chi connectivity index (χ0) is 22.8. The van der Waals surface area contributed by atoms with Crippen LogP contribution in [0.5, 0.6) is 0 Å². The van der Waals surface area contributed by atoms with Crippen LogP contribution in [0.1, 0.15) is 20.8 Å². The summed E-state index contributed by atoms with van der Waals surface area (Å²) in [5.41, 5.74) is 0. The van der Waals surface area contributed by atoms with Gasteiger partial charge in [-0.3, -0.25) is 0 Å². The molecule has 0 aromatic heterocycles. The van der Waals surface area contributed by atoms with Crippen LogP contribution in [0.15, 0.2) is 91.0 Å². The fourth-order valence-corrected chi connectivity index (χ4v) is 21.4. The maximum absolute atomic E-state index is 6.54. The number of benzene rings is 3. The molecule has 3 aromatic carbocycles. The van der Waals surface area contributed by atoms with E-state index in [1.165, 1.54) is 6.54 Å². The Labute approximate surface area is 199 Å². The van der Waals surface area contributed by atoms with Crippen LogP contribution in [0, 0.1) is 0 Å². The topological polar surface area (TPSA) is 12.2 Å². The summed E-state index contributed by atoms with van der Waals surface area (Å²) < 4.78 is 11.9. The van der Waals surface area contributed by atoms with Crippen molar-refractivity contribution >= 4 is 37.4 Å². The summed E-state index contributed by atoms with van der Waals surface area (Å²) in [6, 6.07) is 34.1.